The summed E-state index contributed by atoms with van der Waals surface area (Å²) in [6.45, 7) is 0. The van der Waals surface area contributed by atoms with Crippen LogP contribution in [0.2, 0.25) is 0 Å². The van der Waals surface area contributed by atoms with Gasteiger partial charge in [0.1, 0.15) is 0 Å². The molecule has 178 valence electrons. The fourth-order valence-electron chi connectivity index (χ4n) is 2.12. The molecule has 0 aliphatic rings. The van der Waals surface area contributed by atoms with Crippen LogP contribution in [0.15, 0.2) is 67.0 Å². The minimum atomic E-state index is -6.72. The van der Waals surface area contributed by atoms with E-state index in [1.54, 1.807) is 0 Å². The van der Waals surface area contributed by atoms with Crippen molar-refractivity contribution in [1.29, 1.82) is 0 Å². The van der Waals surface area contributed by atoms with Crippen molar-refractivity contribution in [3.8, 4) is 22.8 Å². The van der Waals surface area contributed by atoms with Crippen molar-refractivity contribution >= 4 is 20.0 Å². The first-order valence-electron chi connectivity index (χ1n) is 8.47. The number of nitrogens with one attached hydrogen (secondary N) is 3. The van der Waals surface area contributed by atoms with Gasteiger partial charge in [-0.15, -0.1) is 0 Å². The molecule has 3 heterocycles. The molecule has 3 aromatic heterocycles. The molecule has 34 heavy (non-hydrogen) atoms. The number of H-pyrrole nitrogens is 3. The second kappa shape index (κ2) is 11.3. The van der Waals surface area contributed by atoms with Gasteiger partial charge in [-0.1, -0.05) is 0 Å². The molecule has 0 amide bonds. The molecule has 0 spiro atoms. The van der Waals surface area contributed by atoms with Crippen LogP contribution in [0.3, 0.4) is 0 Å². The number of halogens is 6. The van der Waals surface area contributed by atoms with E-state index in [-0.39, 0.29) is 18.9 Å². The standard InChI is InChI=1S/C15H11N3.C2F6NO4S2.Li/c1-3-10-16-12(6-1)14-8-5-9-15(18-14)13-7-2-4-11-17-13;3-1(4,5)14(10,11)9-15(12,13)2(6,7)8;/h1-11H;;/q;-1;+1/p+3. The van der Waals surface area contributed by atoms with E-state index in [2.05, 4.69) is 27.1 Å². The van der Waals surface area contributed by atoms with Crippen LogP contribution in [0.1, 0.15) is 0 Å². The van der Waals surface area contributed by atoms with Crippen LogP contribution in [-0.2, 0) is 20.0 Å². The molecule has 0 saturated carbocycles. The smallest absolute Gasteiger partial charge is 0.421 e. The van der Waals surface area contributed by atoms with Gasteiger partial charge in [0.2, 0.25) is 0 Å². The number of alkyl halides is 6. The molecule has 0 aliphatic carbocycles. The normalized spacial score (nSPS) is 12.2. The maximum Gasteiger partial charge on any atom is 1.00 e. The summed E-state index contributed by atoms with van der Waals surface area (Å²) in [6.07, 6.45) is 3.84. The monoisotopic (exact) mass is 523 g/mol. The molecule has 0 unspecified atom stereocenters. The number of rotatable bonds is 4. The maximum atomic E-state index is 11.4. The van der Waals surface area contributed by atoms with E-state index in [4.69, 9.17) is 0 Å². The Hall–Kier alpha value is -2.51. The van der Waals surface area contributed by atoms with Crippen LogP contribution < -0.4 is 33.8 Å². The summed E-state index contributed by atoms with van der Waals surface area (Å²) in [6, 6.07) is 18.2. The SMILES string of the molecule is O=S(=O)([N-]S(=O)(=O)C(F)(F)F)C(F)(F)F.[Li+].c1ccc(-c2cccc(-c3cccc[nH+]3)[nH+]2)[nH+]c1. The van der Waals surface area contributed by atoms with Gasteiger partial charge >= 0.3 is 29.9 Å². The Morgan fingerprint density at radius 2 is 0.941 bits per heavy atom. The molecule has 3 N–H and O–H groups in total. The topological polar surface area (TPSA) is 125 Å². The van der Waals surface area contributed by atoms with Crippen LogP contribution in [0.5, 0.6) is 0 Å². The van der Waals surface area contributed by atoms with Crippen LogP contribution >= 0.6 is 0 Å². The van der Waals surface area contributed by atoms with Crippen LogP contribution in [0.25, 0.3) is 26.9 Å². The fraction of sp³-hybridized carbons (Fsp3) is 0.118. The van der Waals surface area contributed by atoms with E-state index in [0.717, 1.165) is 26.9 Å². The summed E-state index contributed by atoms with van der Waals surface area (Å²) in [5, 5.41) is 0. The molecule has 0 atom stereocenters. The predicted molar refractivity (Wildman–Crippen MR) is 100 cm³/mol. The van der Waals surface area contributed by atoms with E-state index >= 15 is 0 Å². The number of aromatic nitrogens is 3. The van der Waals surface area contributed by atoms with Crippen molar-refractivity contribution in [2.24, 2.45) is 0 Å². The second-order valence-electron chi connectivity index (χ2n) is 5.95. The van der Waals surface area contributed by atoms with Crippen LogP contribution in [0.4, 0.5) is 26.3 Å². The van der Waals surface area contributed by atoms with Gasteiger partial charge in [0.05, 0.1) is 0 Å². The van der Waals surface area contributed by atoms with Gasteiger partial charge in [-0.3, -0.25) is 0 Å². The number of hydrogen-bond acceptors (Lipinski definition) is 4. The molecule has 3 rings (SSSR count). The van der Waals surface area contributed by atoms with Crippen molar-refractivity contribution in [2.75, 3.05) is 0 Å². The zero-order valence-corrected chi connectivity index (χ0v) is 18.6. The van der Waals surface area contributed by atoms with Crippen molar-refractivity contribution in [3.05, 3.63) is 71.1 Å². The van der Waals surface area contributed by atoms with E-state index in [0.29, 0.717) is 0 Å². The number of hydrogen-bond donors (Lipinski definition) is 0. The van der Waals surface area contributed by atoms with Crippen LogP contribution in [0, 0.1) is 0 Å². The molecule has 0 bridgehead atoms. The molecule has 3 aromatic rings. The summed E-state index contributed by atoms with van der Waals surface area (Å²) in [7, 11) is -13.4. The van der Waals surface area contributed by atoms with E-state index in [1.165, 1.54) is 0 Å². The molecule has 0 aromatic carbocycles. The maximum absolute atomic E-state index is 11.4. The molecule has 0 aliphatic heterocycles. The summed E-state index contributed by atoms with van der Waals surface area (Å²) >= 11 is 0. The number of pyridine rings is 3. The Balaban J connectivity index is 0.000000338. The summed E-state index contributed by atoms with van der Waals surface area (Å²) in [4.78, 5) is 9.86. The molecule has 8 nitrogen and oxygen atoms in total. The largest absolute Gasteiger partial charge is 1.00 e. The Morgan fingerprint density at radius 1 is 0.588 bits per heavy atom. The fourth-order valence-corrected chi connectivity index (χ4v) is 3.83. The van der Waals surface area contributed by atoms with Gasteiger partial charge in [-0.05, 0) is 18.2 Å². The molecule has 0 saturated heterocycles. The quantitative estimate of drug-likeness (QED) is 0.339. The first-order chi connectivity index (χ1) is 15.1. The average molecular weight is 523 g/mol. The minimum absolute atomic E-state index is 0. The van der Waals surface area contributed by atoms with Crippen molar-refractivity contribution < 1.29 is 77.0 Å². The van der Waals surface area contributed by atoms with Gasteiger partial charge in [0.15, 0.2) is 32.4 Å². The first-order valence-corrected chi connectivity index (χ1v) is 11.4. The Bertz CT molecular complexity index is 1190. The summed E-state index contributed by atoms with van der Waals surface area (Å²) in [5.74, 6) is 0. The number of aromatic amines is 3. The van der Waals surface area contributed by atoms with Gasteiger partial charge in [0, 0.05) is 36.4 Å². The van der Waals surface area contributed by atoms with Crippen molar-refractivity contribution in [2.45, 2.75) is 11.0 Å². The zero-order valence-electron chi connectivity index (χ0n) is 17.0. The number of nitrogens with zero attached hydrogens (tertiary/aromatic N) is 1. The zero-order chi connectivity index (χ0) is 24.9. The minimum Gasteiger partial charge on any atom is -0.421 e. The molecule has 0 fully saturated rings. The van der Waals surface area contributed by atoms with Crippen LogP contribution in [-0.4, -0.2) is 27.9 Å². The van der Waals surface area contributed by atoms with Gasteiger partial charge < -0.3 is 4.13 Å². The first kappa shape index (κ1) is 29.5. The van der Waals surface area contributed by atoms with Gasteiger partial charge in [0.25, 0.3) is 22.8 Å². The molecular formula is C17H14F6LiN4O4S2+3. The third-order valence-corrected chi connectivity index (χ3v) is 6.31. The van der Waals surface area contributed by atoms with Crippen molar-refractivity contribution in [3.63, 3.8) is 0 Å². The Morgan fingerprint density at radius 3 is 1.24 bits per heavy atom. The Labute approximate surface area is 201 Å². The summed E-state index contributed by atoms with van der Waals surface area (Å²) in [5.41, 5.74) is -8.15. The Kier molecular flexibility index (Phi) is 9.79. The molecule has 17 heteroatoms. The average Bonchev–Trinajstić information content (AvgIpc) is 2.73. The third-order valence-electron chi connectivity index (χ3n) is 3.57. The molecular weight excluding hydrogens is 509 g/mol. The van der Waals surface area contributed by atoms with E-state index in [9.17, 15) is 43.2 Å². The third kappa shape index (κ3) is 7.77. The van der Waals surface area contributed by atoms with Gasteiger partial charge in [-0.2, -0.15) is 31.3 Å². The second-order valence-corrected chi connectivity index (χ2v) is 9.37. The van der Waals surface area contributed by atoms with Crippen molar-refractivity contribution in [1.82, 2.24) is 0 Å². The van der Waals surface area contributed by atoms with E-state index in [1.807, 2.05) is 54.9 Å². The van der Waals surface area contributed by atoms with E-state index < -0.39 is 31.1 Å². The summed E-state index contributed by atoms with van der Waals surface area (Å²) < 4.78 is 109. The number of sulfonamides is 2. The predicted octanol–water partition coefficient (Wildman–Crippen LogP) is -0.474. The molecule has 0 radical (unpaired) electrons. The van der Waals surface area contributed by atoms with Gasteiger partial charge in [-0.25, -0.2) is 26.8 Å².